The third-order valence-corrected chi connectivity index (χ3v) is 4.56. The Balaban J connectivity index is 1.63. The number of amidine groups is 1. The first-order chi connectivity index (χ1) is 10.2. The van der Waals surface area contributed by atoms with Gasteiger partial charge in [-0.3, -0.25) is 19.5 Å². The van der Waals surface area contributed by atoms with Gasteiger partial charge in [-0.15, -0.1) is 0 Å². The Kier molecular flexibility index (Phi) is 3.83. The van der Waals surface area contributed by atoms with Crippen LogP contribution in [-0.4, -0.2) is 47.3 Å². The lowest BCUT2D eigenvalue weighted by molar-refractivity contribution is -0.127. The Labute approximate surface area is 126 Å². The van der Waals surface area contributed by atoms with Gasteiger partial charge in [0.2, 0.25) is 11.8 Å². The van der Waals surface area contributed by atoms with Gasteiger partial charge in [-0.05, 0) is 12.1 Å². The minimum absolute atomic E-state index is 0.0218. The van der Waals surface area contributed by atoms with Gasteiger partial charge in [-0.25, -0.2) is 0 Å². The summed E-state index contributed by atoms with van der Waals surface area (Å²) in [5.74, 6) is 0.375. The first kappa shape index (κ1) is 13.9. The van der Waals surface area contributed by atoms with Crippen LogP contribution in [-0.2, 0) is 9.59 Å². The van der Waals surface area contributed by atoms with E-state index < -0.39 is 0 Å². The molecule has 0 saturated carbocycles. The summed E-state index contributed by atoms with van der Waals surface area (Å²) >= 11 is 1.37. The molecule has 3 rings (SSSR count). The molecule has 2 amide bonds. The summed E-state index contributed by atoms with van der Waals surface area (Å²) in [6, 6.07) is 7.19. The van der Waals surface area contributed by atoms with Crippen molar-refractivity contribution in [3.05, 3.63) is 24.3 Å². The van der Waals surface area contributed by atoms with Crippen LogP contribution in [0.3, 0.4) is 0 Å². The predicted octanol–water partition coefficient (Wildman–Crippen LogP) is 1.34. The zero-order valence-electron chi connectivity index (χ0n) is 11.5. The van der Waals surface area contributed by atoms with Gasteiger partial charge in [0.05, 0.1) is 19.3 Å². The second-order valence-electron chi connectivity index (χ2n) is 4.71. The van der Waals surface area contributed by atoms with Crippen molar-refractivity contribution in [2.75, 3.05) is 25.5 Å². The number of thioether (sulfide) groups is 1. The number of carbonyl (C=O) groups excluding carboxylic acids is 2. The fourth-order valence-electron chi connectivity index (χ4n) is 2.33. The molecule has 1 aromatic carbocycles. The summed E-state index contributed by atoms with van der Waals surface area (Å²) in [4.78, 5) is 30.1. The van der Waals surface area contributed by atoms with Gasteiger partial charge < -0.3 is 10.1 Å². The molecule has 1 saturated heterocycles. The molecule has 0 spiro atoms. The maximum atomic E-state index is 12.1. The molecule has 1 aromatic rings. The number of nitrogens with zero attached hydrogens (tertiary/aromatic N) is 2. The molecule has 0 bridgehead atoms. The van der Waals surface area contributed by atoms with Crippen LogP contribution in [0.1, 0.15) is 6.42 Å². The average Bonchev–Trinajstić information content (AvgIpc) is 3.04. The summed E-state index contributed by atoms with van der Waals surface area (Å²) in [6.45, 7) is 1.29. The van der Waals surface area contributed by atoms with Crippen molar-refractivity contribution in [2.45, 2.75) is 11.7 Å². The van der Waals surface area contributed by atoms with Gasteiger partial charge in [-0.2, -0.15) is 0 Å². The van der Waals surface area contributed by atoms with E-state index in [2.05, 4.69) is 10.3 Å². The Bertz CT molecular complexity index is 617. The maximum absolute atomic E-state index is 12.1. The predicted molar refractivity (Wildman–Crippen MR) is 81.6 cm³/mol. The van der Waals surface area contributed by atoms with E-state index in [1.165, 1.54) is 11.8 Å². The second kappa shape index (κ2) is 5.77. The lowest BCUT2D eigenvalue weighted by Crippen LogP contribution is -2.32. The average molecular weight is 305 g/mol. The highest BCUT2D eigenvalue weighted by molar-refractivity contribution is 8.15. The molecule has 6 nitrogen and oxygen atoms in total. The first-order valence-corrected chi connectivity index (χ1v) is 7.52. The summed E-state index contributed by atoms with van der Waals surface area (Å²) in [5, 5.41) is 3.16. The van der Waals surface area contributed by atoms with Gasteiger partial charge in [0.1, 0.15) is 11.0 Å². The van der Waals surface area contributed by atoms with E-state index in [0.717, 1.165) is 5.17 Å². The quantitative estimate of drug-likeness (QED) is 0.911. The number of aliphatic imine (C=N–C) groups is 1. The number of rotatable bonds is 4. The molecule has 2 heterocycles. The van der Waals surface area contributed by atoms with Crippen LogP contribution < -0.4 is 10.1 Å². The normalized spacial score (nSPS) is 20.2. The number of para-hydroxylation sites is 2. The van der Waals surface area contributed by atoms with Crippen molar-refractivity contribution in [3.8, 4) is 5.75 Å². The van der Waals surface area contributed by atoms with Crippen molar-refractivity contribution < 1.29 is 14.3 Å². The van der Waals surface area contributed by atoms with E-state index >= 15 is 0 Å². The number of carbonyl (C=O) groups is 2. The van der Waals surface area contributed by atoms with Crippen LogP contribution in [0.4, 0.5) is 5.69 Å². The number of hydrogen-bond acceptors (Lipinski definition) is 5. The van der Waals surface area contributed by atoms with Gasteiger partial charge in [0, 0.05) is 13.0 Å². The third kappa shape index (κ3) is 2.73. The summed E-state index contributed by atoms with van der Waals surface area (Å²) < 4.78 is 5.18. The lowest BCUT2D eigenvalue weighted by atomic mass is 10.2. The standard InChI is InChI=1S/C14H15N3O3S/c1-20-10-5-3-2-4-9(10)16-12(18)8-11-13(19)17-7-6-15-14(17)21-11/h2-5,11H,6-8H2,1H3,(H,16,18). The molecule has 1 atom stereocenters. The fraction of sp³-hybridized carbons (Fsp3) is 0.357. The Morgan fingerprint density at radius 1 is 1.52 bits per heavy atom. The van der Waals surface area contributed by atoms with E-state index in [4.69, 9.17) is 4.74 Å². The molecule has 21 heavy (non-hydrogen) atoms. The summed E-state index contributed by atoms with van der Waals surface area (Å²) in [7, 11) is 1.55. The van der Waals surface area contributed by atoms with Crippen molar-refractivity contribution in [1.29, 1.82) is 0 Å². The number of anilines is 1. The van der Waals surface area contributed by atoms with E-state index in [9.17, 15) is 9.59 Å². The molecule has 0 radical (unpaired) electrons. The minimum Gasteiger partial charge on any atom is -0.495 e. The third-order valence-electron chi connectivity index (χ3n) is 3.34. The highest BCUT2D eigenvalue weighted by atomic mass is 32.2. The number of methoxy groups -OCH3 is 1. The van der Waals surface area contributed by atoms with Crippen molar-refractivity contribution >= 4 is 34.4 Å². The number of hydrogen-bond donors (Lipinski definition) is 1. The van der Waals surface area contributed by atoms with Crippen molar-refractivity contribution in [1.82, 2.24) is 4.90 Å². The highest BCUT2D eigenvalue weighted by Crippen LogP contribution is 2.32. The zero-order chi connectivity index (χ0) is 14.8. The van der Waals surface area contributed by atoms with Gasteiger partial charge >= 0.3 is 0 Å². The van der Waals surface area contributed by atoms with Crippen LogP contribution in [0.5, 0.6) is 5.75 Å². The number of benzene rings is 1. The van der Waals surface area contributed by atoms with Gasteiger partial charge in [0.15, 0.2) is 5.17 Å². The van der Waals surface area contributed by atoms with E-state index in [-0.39, 0.29) is 23.5 Å². The van der Waals surface area contributed by atoms with Gasteiger partial charge in [-0.1, -0.05) is 23.9 Å². The van der Waals surface area contributed by atoms with E-state index in [0.29, 0.717) is 24.5 Å². The maximum Gasteiger partial charge on any atom is 0.242 e. The number of nitrogens with one attached hydrogen (secondary N) is 1. The molecule has 0 aliphatic carbocycles. The lowest BCUT2D eigenvalue weighted by Gasteiger charge is -2.12. The largest absolute Gasteiger partial charge is 0.495 e. The Morgan fingerprint density at radius 3 is 3.10 bits per heavy atom. The van der Waals surface area contributed by atoms with Crippen LogP contribution >= 0.6 is 11.8 Å². The molecule has 2 aliphatic heterocycles. The second-order valence-corrected chi connectivity index (χ2v) is 5.88. The molecule has 110 valence electrons. The number of fused-ring (bicyclic) bond motifs is 1. The fourth-order valence-corrected chi connectivity index (χ4v) is 3.52. The SMILES string of the molecule is COc1ccccc1NC(=O)CC1SC2=NCCN2C1=O. The molecule has 2 aliphatic rings. The highest BCUT2D eigenvalue weighted by Gasteiger charge is 2.40. The topological polar surface area (TPSA) is 71.0 Å². The van der Waals surface area contributed by atoms with Crippen LogP contribution in [0.25, 0.3) is 0 Å². The molecule has 7 heteroatoms. The molecule has 1 N–H and O–H groups in total. The molecular formula is C14H15N3O3S. The molecule has 1 fully saturated rings. The number of amides is 2. The number of ether oxygens (including phenoxy) is 1. The Morgan fingerprint density at radius 2 is 2.33 bits per heavy atom. The van der Waals surface area contributed by atoms with Crippen LogP contribution in [0, 0.1) is 0 Å². The van der Waals surface area contributed by atoms with Crippen LogP contribution in [0.15, 0.2) is 29.3 Å². The summed E-state index contributed by atoms with van der Waals surface area (Å²) in [5.41, 5.74) is 0.610. The molecule has 0 aromatic heterocycles. The summed E-state index contributed by atoms with van der Waals surface area (Å²) in [6.07, 6.45) is 0.136. The molecular weight excluding hydrogens is 290 g/mol. The Hall–Kier alpha value is -2.02. The van der Waals surface area contributed by atoms with Crippen molar-refractivity contribution in [3.63, 3.8) is 0 Å². The van der Waals surface area contributed by atoms with Crippen LogP contribution in [0.2, 0.25) is 0 Å². The zero-order valence-corrected chi connectivity index (χ0v) is 12.4. The van der Waals surface area contributed by atoms with E-state index in [1.54, 1.807) is 24.1 Å². The van der Waals surface area contributed by atoms with E-state index in [1.807, 2.05) is 12.1 Å². The minimum atomic E-state index is -0.376. The monoisotopic (exact) mass is 305 g/mol. The van der Waals surface area contributed by atoms with Crippen molar-refractivity contribution in [2.24, 2.45) is 4.99 Å². The van der Waals surface area contributed by atoms with Gasteiger partial charge in [0.25, 0.3) is 0 Å². The molecule has 1 unspecified atom stereocenters. The smallest absolute Gasteiger partial charge is 0.242 e. The first-order valence-electron chi connectivity index (χ1n) is 6.64.